The van der Waals surface area contributed by atoms with Crippen LogP contribution in [-0.2, 0) is 9.59 Å². The molecule has 0 radical (unpaired) electrons. The molecule has 1 heterocycles. The molecule has 2 saturated carbocycles. The molecule has 0 unspecified atom stereocenters. The van der Waals surface area contributed by atoms with Gasteiger partial charge in [-0.05, 0) is 57.7 Å². The van der Waals surface area contributed by atoms with E-state index in [1.165, 1.54) is 0 Å². The molecule has 3 aromatic rings. The third-order valence-electron chi connectivity index (χ3n) is 7.94. The average molecular weight is 392 g/mol. The number of hydrazone groups is 1. The van der Waals surface area contributed by atoms with Gasteiger partial charge in [-0.1, -0.05) is 60.7 Å². The highest BCUT2D eigenvalue weighted by Gasteiger charge is 2.73. The number of nitrogens with zero attached hydrogens (tertiary/aromatic N) is 2. The van der Waals surface area contributed by atoms with Crippen LogP contribution in [0.4, 0.5) is 0 Å². The van der Waals surface area contributed by atoms with Crippen LogP contribution in [0.5, 0.6) is 0 Å². The molecule has 30 heavy (non-hydrogen) atoms. The Morgan fingerprint density at radius 1 is 0.833 bits per heavy atom. The quantitative estimate of drug-likeness (QED) is 0.279. The smallest absolute Gasteiger partial charge is 0.254 e. The first kappa shape index (κ1) is 16.5. The summed E-state index contributed by atoms with van der Waals surface area (Å²) in [7, 11) is 0. The number of fused-ring (bicyclic) bond motifs is 5. The van der Waals surface area contributed by atoms with Gasteiger partial charge in [-0.15, -0.1) is 0 Å². The lowest BCUT2D eigenvalue weighted by atomic mass is 9.85. The number of amides is 2. The van der Waals surface area contributed by atoms with E-state index in [9.17, 15) is 9.59 Å². The van der Waals surface area contributed by atoms with Gasteiger partial charge in [0.25, 0.3) is 11.8 Å². The fourth-order valence-electron chi connectivity index (χ4n) is 6.48. The van der Waals surface area contributed by atoms with Crippen molar-refractivity contribution in [1.82, 2.24) is 5.01 Å². The number of rotatable bonds is 2. The SMILES string of the molecule is O=C1[C@@H]2[C@H](C(=O)N1/N=C\c1c3ccccc3cc3ccccc13)[C@H]1C=C[C@@H]2C12CC2. The molecular formula is C26H20N2O2. The highest BCUT2D eigenvalue weighted by Crippen LogP contribution is 2.73. The van der Waals surface area contributed by atoms with Crippen molar-refractivity contribution in [3.05, 3.63) is 72.3 Å². The second-order valence-electron chi connectivity index (χ2n) is 9.19. The van der Waals surface area contributed by atoms with E-state index in [2.05, 4.69) is 47.6 Å². The number of carbonyl (C=O) groups is 2. The fraction of sp³-hybridized carbons (Fsp3) is 0.269. The van der Waals surface area contributed by atoms with Crippen LogP contribution in [0.1, 0.15) is 18.4 Å². The summed E-state index contributed by atoms with van der Waals surface area (Å²) in [5, 5.41) is 10.0. The van der Waals surface area contributed by atoms with Crippen molar-refractivity contribution in [2.24, 2.45) is 34.2 Å². The van der Waals surface area contributed by atoms with Crippen LogP contribution in [0.2, 0.25) is 0 Å². The Bertz CT molecular complexity index is 1250. The van der Waals surface area contributed by atoms with E-state index in [1.54, 1.807) is 6.21 Å². The molecule has 146 valence electrons. The van der Waals surface area contributed by atoms with Crippen LogP contribution < -0.4 is 0 Å². The lowest BCUT2D eigenvalue weighted by molar-refractivity contribution is -0.141. The van der Waals surface area contributed by atoms with Gasteiger partial charge in [0, 0.05) is 5.56 Å². The Kier molecular flexibility index (Phi) is 3.00. The van der Waals surface area contributed by atoms with E-state index in [1.807, 2.05) is 24.3 Å². The maximum Gasteiger partial charge on any atom is 0.254 e. The molecule has 3 aliphatic carbocycles. The zero-order valence-corrected chi connectivity index (χ0v) is 16.4. The van der Waals surface area contributed by atoms with Crippen molar-refractivity contribution in [3.63, 3.8) is 0 Å². The number of imide groups is 1. The summed E-state index contributed by atoms with van der Waals surface area (Å²) in [4.78, 5) is 26.4. The third kappa shape index (κ3) is 1.89. The summed E-state index contributed by atoms with van der Waals surface area (Å²) >= 11 is 0. The Labute approximate surface area is 173 Å². The topological polar surface area (TPSA) is 49.7 Å². The van der Waals surface area contributed by atoms with Crippen LogP contribution in [0.25, 0.3) is 21.5 Å². The molecule has 4 atom stereocenters. The molecule has 1 spiro atoms. The Morgan fingerprint density at radius 2 is 1.37 bits per heavy atom. The van der Waals surface area contributed by atoms with Gasteiger partial charge in [0.05, 0.1) is 18.1 Å². The summed E-state index contributed by atoms with van der Waals surface area (Å²) < 4.78 is 0. The lowest BCUT2D eigenvalue weighted by Crippen LogP contribution is -2.30. The molecule has 1 aliphatic heterocycles. The largest absolute Gasteiger partial charge is 0.272 e. The monoisotopic (exact) mass is 392 g/mol. The first-order valence-electron chi connectivity index (χ1n) is 10.7. The van der Waals surface area contributed by atoms with Gasteiger partial charge in [0.15, 0.2) is 0 Å². The number of hydrogen-bond acceptors (Lipinski definition) is 3. The van der Waals surface area contributed by atoms with Crippen molar-refractivity contribution in [2.75, 3.05) is 0 Å². The maximum atomic E-state index is 13.2. The molecule has 3 fully saturated rings. The van der Waals surface area contributed by atoms with E-state index in [0.29, 0.717) is 0 Å². The first-order valence-corrected chi connectivity index (χ1v) is 10.7. The van der Waals surface area contributed by atoms with E-state index in [4.69, 9.17) is 0 Å². The Hall–Kier alpha value is -3.27. The van der Waals surface area contributed by atoms with E-state index in [0.717, 1.165) is 45.0 Å². The highest BCUT2D eigenvalue weighted by atomic mass is 16.2. The maximum absolute atomic E-state index is 13.2. The van der Waals surface area contributed by atoms with Crippen molar-refractivity contribution >= 4 is 39.6 Å². The Balaban J connectivity index is 1.32. The number of hydrogen-bond donors (Lipinski definition) is 0. The highest BCUT2D eigenvalue weighted by molar-refractivity contribution is 6.14. The minimum atomic E-state index is -0.212. The zero-order valence-electron chi connectivity index (χ0n) is 16.4. The van der Waals surface area contributed by atoms with Crippen LogP contribution in [0, 0.1) is 29.1 Å². The van der Waals surface area contributed by atoms with Gasteiger partial charge in [-0.2, -0.15) is 10.1 Å². The number of carbonyl (C=O) groups excluding carboxylic acids is 2. The van der Waals surface area contributed by atoms with E-state index >= 15 is 0 Å². The molecule has 0 N–H and O–H groups in total. The van der Waals surface area contributed by atoms with Crippen molar-refractivity contribution < 1.29 is 9.59 Å². The molecule has 2 bridgehead atoms. The number of benzene rings is 3. The summed E-state index contributed by atoms with van der Waals surface area (Å²) in [6, 6.07) is 18.5. The van der Waals surface area contributed by atoms with Gasteiger partial charge in [-0.25, -0.2) is 0 Å². The van der Waals surface area contributed by atoms with Gasteiger partial charge < -0.3 is 0 Å². The van der Waals surface area contributed by atoms with Gasteiger partial charge >= 0.3 is 0 Å². The summed E-state index contributed by atoms with van der Waals surface area (Å²) in [5.41, 5.74) is 1.16. The summed E-state index contributed by atoms with van der Waals surface area (Å²) in [6.07, 6.45) is 8.39. The molecular weight excluding hydrogens is 372 g/mol. The minimum absolute atomic E-state index is 0.117. The average Bonchev–Trinajstić information content (AvgIpc) is 3.37. The van der Waals surface area contributed by atoms with Crippen molar-refractivity contribution in [3.8, 4) is 0 Å². The summed E-state index contributed by atoms with van der Waals surface area (Å²) in [5.74, 6) is -0.208. The van der Waals surface area contributed by atoms with Crippen molar-refractivity contribution in [2.45, 2.75) is 12.8 Å². The second-order valence-corrected chi connectivity index (χ2v) is 9.19. The van der Waals surface area contributed by atoms with Crippen molar-refractivity contribution in [1.29, 1.82) is 0 Å². The lowest BCUT2D eigenvalue weighted by Gasteiger charge is -2.18. The van der Waals surface area contributed by atoms with Gasteiger partial charge in [0.1, 0.15) is 0 Å². The van der Waals surface area contributed by atoms with Gasteiger partial charge in [-0.3, -0.25) is 9.59 Å². The minimum Gasteiger partial charge on any atom is -0.272 e. The van der Waals surface area contributed by atoms with Crippen LogP contribution >= 0.6 is 0 Å². The van der Waals surface area contributed by atoms with E-state index in [-0.39, 0.29) is 40.9 Å². The third-order valence-corrected chi connectivity index (χ3v) is 7.94. The van der Waals surface area contributed by atoms with Gasteiger partial charge in [0.2, 0.25) is 0 Å². The standard InChI is InChI=1S/C26H20N2O2/c29-24-22-20-9-10-21(26(20)11-12-26)23(22)25(30)28(24)27-14-19-17-7-3-1-5-15(17)13-16-6-2-4-8-18(16)19/h1-10,13-14,20-23H,11-12H2/b27-14-/t20-,21+,22-,23+. The predicted molar refractivity (Wildman–Crippen MR) is 116 cm³/mol. The normalized spacial score (nSPS) is 30.5. The number of allylic oxidation sites excluding steroid dienone is 2. The molecule has 3 aromatic carbocycles. The second kappa shape index (κ2) is 5.45. The van der Waals surface area contributed by atoms with Crippen LogP contribution in [-0.4, -0.2) is 23.0 Å². The Morgan fingerprint density at radius 3 is 1.90 bits per heavy atom. The summed E-state index contributed by atoms with van der Waals surface area (Å²) in [6.45, 7) is 0. The zero-order chi connectivity index (χ0) is 20.0. The molecule has 1 saturated heterocycles. The van der Waals surface area contributed by atoms with E-state index < -0.39 is 0 Å². The first-order chi connectivity index (χ1) is 14.7. The molecule has 4 heteroatoms. The molecule has 4 aliphatic rings. The van der Waals surface area contributed by atoms with Crippen LogP contribution in [0.15, 0.2) is 71.9 Å². The molecule has 4 nitrogen and oxygen atoms in total. The molecule has 0 aromatic heterocycles. The molecule has 7 rings (SSSR count). The van der Waals surface area contributed by atoms with Crippen LogP contribution in [0.3, 0.4) is 0 Å². The predicted octanol–water partition coefficient (Wildman–Crippen LogP) is 4.52. The molecule has 2 amide bonds. The fourth-order valence-corrected chi connectivity index (χ4v) is 6.48.